The molecule has 3 rings (SSSR count). The van der Waals surface area contributed by atoms with Gasteiger partial charge in [0, 0.05) is 29.6 Å². The quantitative estimate of drug-likeness (QED) is 0.384. The number of ether oxygens (including phenoxy) is 3. The van der Waals surface area contributed by atoms with Crippen molar-refractivity contribution in [1.29, 1.82) is 0 Å². The summed E-state index contributed by atoms with van der Waals surface area (Å²) in [6.45, 7) is 0. The van der Waals surface area contributed by atoms with Crippen LogP contribution in [0.4, 0.5) is 30.4 Å². The van der Waals surface area contributed by atoms with Crippen molar-refractivity contribution in [3.8, 4) is 23.0 Å². The molecule has 3 aromatic rings. The molecule has 33 heavy (non-hydrogen) atoms. The Morgan fingerprint density at radius 3 is 2.55 bits per heavy atom. The highest BCUT2D eigenvalue weighted by Gasteiger charge is 2.31. The van der Waals surface area contributed by atoms with Crippen LogP contribution >= 0.6 is 0 Å². The molecule has 0 bridgehead atoms. The molecule has 10 nitrogen and oxygen atoms in total. The number of nitrogens with two attached hydrogens (primary N) is 1. The van der Waals surface area contributed by atoms with Crippen LogP contribution in [0.2, 0.25) is 0 Å². The molecule has 1 aromatic heterocycles. The summed E-state index contributed by atoms with van der Waals surface area (Å²) in [7, 11) is 1.34. The summed E-state index contributed by atoms with van der Waals surface area (Å²) in [6.07, 6.45) is -3.69. The maximum atomic E-state index is 12.5. The van der Waals surface area contributed by atoms with Gasteiger partial charge in [0.1, 0.15) is 5.75 Å². The Morgan fingerprint density at radius 2 is 1.88 bits per heavy atom. The van der Waals surface area contributed by atoms with E-state index in [9.17, 15) is 28.1 Å². The Hall–Kier alpha value is -4.55. The molecule has 0 unspecified atom stereocenters. The van der Waals surface area contributed by atoms with Gasteiger partial charge in [0.05, 0.1) is 12.0 Å². The third-order valence-electron chi connectivity index (χ3n) is 4.07. The van der Waals surface area contributed by atoms with E-state index in [4.69, 9.17) is 15.2 Å². The molecule has 0 aliphatic carbocycles. The lowest BCUT2D eigenvalue weighted by atomic mass is 10.2. The molecule has 0 atom stereocenters. The van der Waals surface area contributed by atoms with Gasteiger partial charge in [-0.3, -0.25) is 14.9 Å². The lowest BCUT2D eigenvalue weighted by Crippen LogP contribution is -2.18. The predicted molar refractivity (Wildman–Crippen MR) is 109 cm³/mol. The number of methoxy groups -OCH3 is 1. The van der Waals surface area contributed by atoms with Gasteiger partial charge in [0.2, 0.25) is 11.6 Å². The van der Waals surface area contributed by atoms with Crippen LogP contribution in [0.15, 0.2) is 54.7 Å². The molecule has 0 radical (unpaired) electrons. The van der Waals surface area contributed by atoms with Gasteiger partial charge in [0.25, 0.3) is 5.91 Å². The number of aromatic nitrogens is 1. The molecule has 0 spiro atoms. The second kappa shape index (κ2) is 9.30. The van der Waals surface area contributed by atoms with Crippen LogP contribution in [0, 0.1) is 10.1 Å². The molecule has 1 heterocycles. The first-order valence-electron chi connectivity index (χ1n) is 8.99. The number of amides is 1. The SMILES string of the molecule is COc1ccc(NC(=O)c2cccc(OC(F)(F)F)c2)cc1Oc1ccnc(N)c1[N+](=O)[O-]. The van der Waals surface area contributed by atoms with Crippen LogP contribution in [0.1, 0.15) is 10.4 Å². The number of hydrogen-bond acceptors (Lipinski definition) is 8. The number of carbonyl (C=O) groups is 1. The summed E-state index contributed by atoms with van der Waals surface area (Å²) < 4.78 is 51.8. The largest absolute Gasteiger partial charge is 0.573 e. The van der Waals surface area contributed by atoms with Gasteiger partial charge in [-0.25, -0.2) is 4.98 Å². The molecule has 0 saturated carbocycles. The highest BCUT2D eigenvalue weighted by molar-refractivity contribution is 6.04. The predicted octanol–water partition coefficient (Wildman–Crippen LogP) is 4.52. The highest BCUT2D eigenvalue weighted by atomic mass is 19.4. The first-order chi connectivity index (χ1) is 15.6. The fourth-order valence-electron chi connectivity index (χ4n) is 2.71. The van der Waals surface area contributed by atoms with Crippen molar-refractivity contribution in [2.45, 2.75) is 6.36 Å². The number of halogens is 3. The second-order valence-electron chi connectivity index (χ2n) is 6.30. The third kappa shape index (κ3) is 5.78. The number of benzene rings is 2. The number of hydrogen-bond donors (Lipinski definition) is 2. The van der Waals surface area contributed by atoms with Gasteiger partial charge < -0.3 is 25.3 Å². The molecule has 172 valence electrons. The van der Waals surface area contributed by atoms with Crippen LogP contribution in [-0.2, 0) is 0 Å². The van der Waals surface area contributed by atoms with E-state index < -0.39 is 28.6 Å². The molecule has 0 aliphatic heterocycles. The first kappa shape index (κ1) is 23.1. The number of pyridine rings is 1. The smallest absolute Gasteiger partial charge is 0.493 e. The number of alkyl halides is 3. The van der Waals surface area contributed by atoms with Crippen molar-refractivity contribution < 1.29 is 37.1 Å². The Bertz CT molecular complexity index is 1200. The van der Waals surface area contributed by atoms with E-state index in [0.29, 0.717) is 0 Å². The average Bonchev–Trinajstić information content (AvgIpc) is 2.72. The Labute approximate surface area is 183 Å². The zero-order chi connectivity index (χ0) is 24.2. The topological polar surface area (TPSA) is 139 Å². The van der Waals surface area contributed by atoms with E-state index in [1.165, 1.54) is 49.7 Å². The monoisotopic (exact) mass is 464 g/mol. The number of carbonyl (C=O) groups excluding carboxylic acids is 1. The van der Waals surface area contributed by atoms with E-state index in [2.05, 4.69) is 15.0 Å². The molecular formula is C20H15F3N4O6. The molecule has 0 saturated heterocycles. The lowest BCUT2D eigenvalue weighted by Gasteiger charge is -2.13. The normalized spacial score (nSPS) is 10.9. The summed E-state index contributed by atoms with van der Waals surface area (Å²) in [5.41, 5.74) is 5.06. The van der Waals surface area contributed by atoms with Gasteiger partial charge in [-0.15, -0.1) is 13.2 Å². The van der Waals surface area contributed by atoms with E-state index in [1.54, 1.807) is 0 Å². The van der Waals surface area contributed by atoms with Crippen LogP contribution in [0.25, 0.3) is 0 Å². The molecule has 0 fully saturated rings. The summed E-state index contributed by atoms with van der Waals surface area (Å²) in [5, 5.41) is 13.8. The first-order valence-corrected chi connectivity index (χ1v) is 8.99. The molecule has 2 aromatic carbocycles. The van der Waals surface area contributed by atoms with Crippen LogP contribution in [-0.4, -0.2) is 29.3 Å². The molecule has 3 N–H and O–H groups in total. The summed E-state index contributed by atoms with van der Waals surface area (Å²) in [6, 6.07) is 9.90. The fraction of sp³-hybridized carbons (Fsp3) is 0.100. The van der Waals surface area contributed by atoms with E-state index in [1.807, 2.05) is 0 Å². The minimum Gasteiger partial charge on any atom is -0.493 e. The number of nitrogens with one attached hydrogen (secondary N) is 1. The molecule has 1 amide bonds. The van der Waals surface area contributed by atoms with Gasteiger partial charge in [-0.1, -0.05) is 6.07 Å². The minimum absolute atomic E-state index is 0.00171. The van der Waals surface area contributed by atoms with Crippen molar-refractivity contribution in [3.05, 3.63) is 70.4 Å². The minimum atomic E-state index is -4.91. The Morgan fingerprint density at radius 1 is 1.12 bits per heavy atom. The van der Waals surface area contributed by atoms with Crippen molar-refractivity contribution >= 4 is 23.1 Å². The molecule has 0 aliphatic rings. The van der Waals surface area contributed by atoms with Crippen molar-refractivity contribution in [3.63, 3.8) is 0 Å². The van der Waals surface area contributed by atoms with Crippen LogP contribution in [0.3, 0.4) is 0 Å². The lowest BCUT2D eigenvalue weighted by molar-refractivity contribution is -0.384. The summed E-state index contributed by atoms with van der Waals surface area (Å²) >= 11 is 0. The molecular weight excluding hydrogens is 449 g/mol. The van der Waals surface area contributed by atoms with Gasteiger partial charge in [-0.05, 0) is 30.3 Å². The van der Waals surface area contributed by atoms with Crippen molar-refractivity contribution in [2.24, 2.45) is 0 Å². The highest BCUT2D eigenvalue weighted by Crippen LogP contribution is 2.39. The number of nitro groups is 1. The number of rotatable bonds is 7. The Balaban J connectivity index is 1.86. The standard InChI is InChI=1S/C20H15F3N4O6/c1-31-14-6-5-12(10-16(14)32-15-7-8-25-18(24)17(15)27(29)30)26-19(28)11-3-2-4-13(9-11)33-20(21,22)23/h2-10H,1H3,(H2,24,25)(H,26,28). The number of nitrogen functional groups attached to an aromatic ring is 1. The average molecular weight is 464 g/mol. The van der Waals surface area contributed by atoms with E-state index in [-0.39, 0.29) is 34.3 Å². The zero-order valence-corrected chi connectivity index (χ0v) is 16.8. The van der Waals surface area contributed by atoms with Gasteiger partial charge >= 0.3 is 12.0 Å². The maximum Gasteiger partial charge on any atom is 0.573 e. The second-order valence-corrected chi connectivity index (χ2v) is 6.30. The van der Waals surface area contributed by atoms with E-state index >= 15 is 0 Å². The number of nitrogens with zero attached hydrogens (tertiary/aromatic N) is 2. The van der Waals surface area contributed by atoms with E-state index in [0.717, 1.165) is 12.1 Å². The maximum absolute atomic E-state index is 12.5. The van der Waals surface area contributed by atoms with Gasteiger partial charge in [-0.2, -0.15) is 0 Å². The number of anilines is 2. The van der Waals surface area contributed by atoms with Crippen molar-refractivity contribution in [2.75, 3.05) is 18.2 Å². The summed E-state index contributed by atoms with van der Waals surface area (Å²) in [5.74, 6) is -1.70. The summed E-state index contributed by atoms with van der Waals surface area (Å²) in [4.78, 5) is 26.7. The Kier molecular flexibility index (Phi) is 6.51. The fourth-order valence-corrected chi connectivity index (χ4v) is 2.71. The zero-order valence-electron chi connectivity index (χ0n) is 16.8. The van der Waals surface area contributed by atoms with Crippen LogP contribution in [0.5, 0.6) is 23.0 Å². The van der Waals surface area contributed by atoms with Gasteiger partial charge in [0.15, 0.2) is 11.5 Å². The van der Waals surface area contributed by atoms with Crippen molar-refractivity contribution in [1.82, 2.24) is 4.98 Å². The molecule has 13 heteroatoms. The third-order valence-corrected chi connectivity index (χ3v) is 4.07. The van der Waals surface area contributed by atoms with Crippen LogP contribution < -0.4 is 25.3 Å².